The van der Waals surface area contributed by atoms with Crippen molar-refractivity contribution in [3.8, 4) is 0 Å². The van der Waals surface area contributed by atoms with Crippen LogP contribution in [-0.4, -0.2) is 33.0 Å². The van der Waals surface area contributed by atoms with Gasteiger partial charge in [0.05, 0.1) is 12.0 Å². The predicted octanol–water partition coefficient (Wildman–Crippen LogP) is 3.07. The van der Waals surface area contributed by atoms with Gasteiger partial charge in [0.2, 0.25) is 0 Å². The van der Waals surface area contributed by atoms with Crippen molar-refractivity contribution >= 4 is 11.6 Å². The lowest BCUT2D eigenvalue weighted by atomic mass is 10.2. The molecule has 4 nitrogen and oxygen atoms in total. The highest BCUT2D eigenvalue weighted by Gasteiger charge is 2.03. The third-order valence-electron chi connectivity index (χ3n) is 3.15. The fourth-order valence-corrected chi connectivity index (χ4v) is 2.57. The summed E-state index contributed by atoms with van der Waals surface area (Å²) in [6, 6.07) is 4.02. The lowest BCUT2D eigenvalue weighted by Gasteiger charge is -2.17. The van der Waals surface area contributed by atoms with E-state index in [0.29, 0.717) is 5.15 Å². The van der Waals surface area contributed by atoms with Crippen molar-refractivity contribution in [2.75, 3.05) is 13.6 Å². The highest BCUT2D eigenvalue weighted by molar-refractivity contribution is 6.29. The third kappa shape index (κ3) is 4.62. The maximum absolute atomic E-state index is 5.98. The minimum atomic E-state index is 0.572. The minimum Gasteiger partial charge on any atom is -0.337 e. The van der Waals surface area contributed by atoms with Gasteiger partial charge in [-0.05, 0) is 51.6 Å². The maximum Gasteiger partial charge on any atom is 0.129 e. The number of halogens is 1. The lowest BCUT2D eigenvalue weighted by Crippen LogP contribution is -2.20. The average Bonchev–Trinajstić information content (AvgIpc) is 2.73. The van der Waals surface area contributed by atoms with Gasteiger partial charge in [-0.15, -0.1) is 0 Å². The smallest absolute Gasteiger partial charge is 0.129 e. The molecular formula is C15H21ClN4. The Bertz CT molecular complexity index is 545. The van der Waals surface area contributed by atoms with Crippen LogP contribution in [0, 0.1) is 13.8 Å². The largest absolute Gasteiger partial charge is 0.337 e. The molecule has 20 heavy (non-hydrogen) atoms. The van der Waals surface area contributed by atoms with Crippen LogP contribution in [0.15, 0.2) is 24.7 Å². The van der Waals surface area contributed by atoms with Gasteiger partial charge in [0.15, 0.2) is 0 Å². The van der Waals surface area contributed by atoms with Crippen LogP contribution in [0.4, 0.5) is 0 Å². The van der Waals surface area contributed by atoms with Crippen LogP contribution in [0.3, 0.4) is 0 Å². The molecule has 0 fully saturated rings. The normalized spacial score (nSPS) is 11.2. The molecule has 0 radical (unpaired) electrons. The number of aryl methyl sites for hydroxylation is 3. The molecule has 0 saturated heterocycles. The Morgan fingerprint density at radius 2 is 2.05 bits per heavy atom. The summed E-state index contributed by atoms with van der Waals surface area (Å²) in [6.45, 7) is 6.92. The molecule has 2 aromatic heterocycles. The standard InChI is InChI=1S/C15H21ClN4/c1-12-7-14(8-15(16)18-12)10-19(3)5-4-6-20-9-13(2)17-11-20/h7-9,11H,4-6,10H2,1-3H3. The Morgan fingerprint density at radius 3 is 2.70 bits per heavy atom. The second-order valence-electron chi connectivity index (χ2n) is 5.28. The van der Waals surface area contributed by atoms with Crippen molar-refractivity contribution < 1.29 is 0 Å². The van der Waals surface area contributed by atoms with Gasteiger partial charge >= 0.3 is 0 Å². The molecule has 2 aromatic rings. The molecule has 0 spiro atoms. The fourth-order valence-electron chi connectivity index (χ4n) is 2.30. The monoisotopic (exact) mass is 292 g/mol. The van der Waals surface area contributed by atoms with Crippen LogP contribution in [0.1, 0.15) is 23.4 Å². The Kier molecular flexibility index (Phi) is 5.15. The molecule has 2 rings (SSSR count). The van der Waals surface area contributed by atoms with Crippen molar-refractivity contribution in [3.05, 3.63) is 46.8 Å². The summed E-state index contributed by atoms with van der Waals surface area (Å²) in [5.74, 6) is 0. The molecular weight excluding hydrogens is 272 g/mol. The van der Waals surface area contributed by atoms with E-state index in [-0.39, 0.29) is 0 Å². The van der Waals surface area contributed by atoms with Gasteiger partial charge in [-0.25, -0.2) is 9.97 Å². The Morgan fingerprint density at radius 1 is 1.25 bits per heavy atom. The van der Waals surface area contributed by atoms with E-state index in [0.717, 1.165) is 37.4 Å². The van der Waals surface area contributed by atoms with Crippen LogP contribution in [0.2, 0.25) is 5.15 Å². The molecule has 0 saturated carbocycles. The fraction of sp³-hybridized carbons (Fsp3) is 0.467. The SMILES string of the molecule is Cc1cn(CCCN(C)Cc2cc(C)nc(Cl)c2)cn1. The topological polar surface area (TPSA) is 34.0 Å². The quantitative estimate of drug-likeness (QED) is 0.767. The molecule has 5 heteroatoms. The molecule has 0 aliphatic carbocycles. The first-order valence-electron chi connectivity index (χ1n) is 6.83. The highest BCUT2D eigenvalue weighted by atomic mass is 35.5. The number of nitrogens with zero attached hydrogens (tertiary/aromatic N) is 4. The Labute approximate surface area is 125 Å². The van der Waals surface area contributed by atoms with Gasteiger partial charge in [0.25, 0.3) is 0 Å². The van der Waals surface area contributed by atoms with Gasteiger partial charge in [0, 0.05) is 25.0 Å². The van der Waals surface area contributed by atoms with Crippen LogP contribution < -0.4 is 0 Å². The van der Waals surface area contributed by atoms with Gasteiger partial charge in [0.1, 0.15) is 5.15 Å². The second kappa shape index (κ2) is 6.86. The van der Waals surface area contributed by atoms with E-state index in [9.17, 15) is 0 Å². The van der Waals surface area contributed by atoms with Gasteiger partial charge < -0.3 is 9.47 Å². The maximum atomic E-state index is 5.98. The van der Waals surface area contributed by atoms with Crippen LogP contribution in [0.25, 0.3) is 0 Å². The van der Waals surface area contributed by atoms with Crippen molar-refractivity contribution in [1.29, 1.82) is 0 Å². The number of imidazole rings is 1. The molecule has 0 atom stereocenters. The highest BCUT2D eigenvalue weighted by Crippen LogP contribution is 2.12. The van der Waals surface area contributed by atoms with Crippen LogP contribution in [0.5, 0.6) is 0 Å². The molecule has 2 heterocycles. The lowest BCUT2D eigenvalue weighted by molar-refractivity contribution is 0.314. The average molecular weight is 293 g/mol. The molecule has 0 unspecified atom stereocenters. The number of hydrogen-bond acceptors (Lipinski definition) is 3. The van der Waals surface area contributed by atoms with E-state index >= 15 is 0 Å². The zero-order valence-electron chi connectivity index (χ0n) is 12.3. The minimum absolute atomic E-state index is 0.572. The number of rotatable bonds is 6. The molecule has 108 valence electrons. The molecule has 0 aromatic carbocycles. The van der Waals surface area contributed by atoms with E-state index in [1.165, 1.54) is 5.56 Å². The summed E-state index contributed by atoms with van der Waals surface area (Å²) in [7, 11) is 2.13. The summed E-state index contributed by atoms with van der Waals surface area (Å²) in [6.07, 6.45) is 5.07. The third-order valence-corrected chi connectivity index (χ3v) is 3.35. The molecule has 0 aliphatic heterocycles. The van der Waals surface area contributed by atoms with Crippen molar-refractivity contribution in [1.82, 2.24) is 19.4 Å². The first-order valence-corrected chi connectivity index (χ1v) is 7.21. The Balaban J connectivity index is 1.78. The van der Waals surface area contributed by atoms with E-state index in [2.05, 4.69) is 38.7 Å². The first kappa shape index (κ1) is 15.0. The summed E-state index contributed by atoms with van der Waals surface area (Å²) < 4.78 is 2.14. The van der Waals surface area contributed by atoms with Crippen molar-refractivity contribution in [2.45, 2.75) is 33.4 Å². The summed E-state index contributed by atoms with van der Waals surface area (Å²) >= 11 is 5.98. The van der Waals surface area contributed by atoms with Crippen molar-refractivity contribution in [3.63, 3.8) is 0 Å². The molecule has 0 N–H and O–H groups in total. The first-order chi connectivity index (χ1) is 9.52. The van der Waals surface area contributed by atoms with Crippen LogP contribution >= 0.6 is 11.6 Å². The van der Waals surface area contributed by atoms with E-state index in [4.69, 9.17) is 11.6 Å². The predicted molar refractivity (Wildman–Crippen MR) is 81.9 cm³/mol. The number of hydrogen-bond donors (Lipinski definition) is 0. The van der Waals surface area contributed by atoms with Gasteiger partial charge in [-0.3, -0.25) is 0 Å². The van der Waals surface area contributed by atoms with E-state index < -0.39 is 0 Å². The molecule has 0 amide bonds. The van der Waals surface area contributed by atoms with Gasteiger partial charge in [-0.2, -0.15) is 0 Å². The van der Waals surface area contributed by atoms with Gasteiger partial charge in [-0.1, -0.05) is 11.6 Å². The Hall–Kier alpha value is -1.39. The summed E-state index contributed by atoms with van der Waals surface area (Å²) in [5, 5.41) is 0.572. The van der Waals surface area contributed by atoms with E-state index in [1.54, 1.807) is 0 Å². The zero-order chi connectivity index (χ0) is 14.5. The van der Waals surface area contributed by atoms with Crippen LogP contribution in [-0.2, 0) is 13.1 Å². The summed E-state index contributed by atoms with van der Waals surface area (Å²) in [5.41, 5.74) is 3.25. The van der Waals surface area contributed by atoms with Crippen molar-refractivity contribution in [2.24, 2.45) is 0 Å². The number of pyridine rings is 1. The second-order valence-corrected chi connectivity index (χ2v) is 5.67. The number of aromatic nitrogens is 3. The molecule has 0 aliphatic rings. The summed E-state index contributed by atoms with van der Waals surface area (Å²) in [4.78, 5) is 10.7. The van der Waals surface area contributed by atoms with E-state index in [1.807, 2.05) is 26.2 Å². The molecule has 0 bridgehead atoms. The zero-order valence-corrected chi connectivity index (χ0v) is 13.1.